The highest BCUT2D eigenvalue weighted by Crippen LogP contribution is 2.68. The Morgan fingerprint density at radius 2 is 1.80 bits per heavy atom. The molecule has 0 aliphatic heterocycles. The van der Waals surface area contributed by atoms with Crippen molar-refractivity contribution in [3.05, 3.63) is 11.6 Å². The van der Waals surface area contributed by atoms with Crippen molar-refractivity contribution in [1.82, 2.24) is 0 Å². The van der Waals surface area contributed by atoms with Crippen LogP contribution in [-0.4, -0.2) is 26.0 Å². The topological polar surface area (TPSA) is 34.1 Å². The number of carbonyl (C=O) groups is 2. The highest BCUT2D eigenvalue weighted by molar-refractivity contribution is 9.12. The van der Waals surface area contributed by atoms with Crippen molar-refractivity contribution in [3.63, 3.8) is 0 Å². The molecule has 0 aromatic carbocycles. The molecule has 4 aliphatic carbocycles. The molecule has 25 heavy (non-hydrogen) atoms. The summed E-state index contributed by atoms with van der Waals surface area (Å²) >= 11 is 11.4. The Balaban J connectivity index is 1.82. The number of Topliss-reactive ketones (excluding diaryl/α,β-unsaturated/α-hetero) is 1. The molecule has 5 unspecified atom stereocenters. The first-order valence-corrected chi connectivity index (χ1v) is 12.2. The smallest absolute Gasteiger partial charge is 0.169 e. The Hall–Kier alpha value is 0.520. The van der Waals surface area contributed by atoms with E-state index in [9.17, 15) is 9.59 Å². The summed E-state index contributed by atoms with van der Waals surface area (Å²) in [5, 5.41) is 0.808. The maximum absolute atomic E-state index is 12.6. The quantitative estimate of drug-likeness (QED) is 0.409. The number of halogens is 3. The molecule has 0 radical (unpaired) electrons. The van der Waals surface area contributed by atoms with E-state index in [1.165, 1.54) is 5.57 Å². The normalized spacial score (nSPS) is 52.3. The van der Waals surface area contributed by atoms with E-state index in [4.69, 9.17) is 0 Å². The Kier molecular flexibility index (Phi) is 4.53. The van der Waals surface area contributed by atoms with Gasteiger partial charge >= 0.3 is 0 Å². The second-order valence-corrected chi connectivity index (χ2v) is 12.3. The van der Waals surface area contributed by atoms with E-state index in [2.05, 4.69) is 61.6 Å². The molecular formula is C20H25Br3O2. The van der Waals surface area contributed by atoms with Crippen LogP contribution in [0.5, 0.6) is 0 Å². The molecule has 0 aromatic heterocycles. The highest BCUT2D eigenvalue weighted by Gasteiger charge is 2.63. The van der Waals surface area contributed by atoms with Gasteiger partial charge in [0.1, 0.15) is 5.78 Å². The van der Waals surface area contributed by atoms with E-state index in [1.807, 2.05) is 6.08 Å². The van der Waals surface area contributed by atoms with Crippen LogP contribution in [-0.2, 0) is 9.59 Å². The van der Waals surface area contributed by atoms with Crippen molar-refractivity contribution < 1.29 is 9.59 Å². The summed E-state index contributed by atoms with van der Waals surface area (Å²) in [6, 6.07) is 0. The van der Waals surface area contributed by atoms with Gasteiger partial charge in [0, 0.05) is 17.2 Å². The molecule has 3 fully saturated rings. The lowest BCUT2D eigenvalue weighted by Gasteiger charge is -2.61. The largest absolute Gasteiger partial charge is 0.299 e. The van der Waals surface area contributed by atoms with Crippen LogP contribution in [0.2, 0.25) is 0 Å². The lowest BCUT2D eigenvalue weighted by Crippen LogP contribution is -2.58. The molecule has 0 saturated heterocycles. The standard InChI is InChI=1S/C20H25Br3O2/c1-18-6-5-13-11(12(18)3-4-17(18)25)8-20(23,10-21)16-7-15(24)14(22)9-19(13,16)2/h7,11-14H,3-6,8-10H2,1-2H3/t11?,12?,13?,14?,18-,19+,20?/m0/s1. The van der Waals surface area contributed by atoms with Gasteiger partial charge in [-0.15, -0.1) is 0 Å². The molecule has 4 rings (SSSR count). The van der Waals surface area contributed by atoms with E-state index in [1.54, 1.807) is 0 Å². The lowest BCUT2D eigenvalue weighted by molar-refractivity contribution is -0.132. The summed E-state index contributed by atoms with van der Waals surface area (Å²) in [4.78, 5) is 25.0. The van der Waals surface area contributed by atoms with Gasteiger partial charge in [0.25, 0.3) is 0 Å². The van der Waals surface area contributed by atoms with Gasteiger partial charge in [-0.1, -0.05) is 61.6 Å². The van der Waals surface area contributed by atoms with E-state index < -0.39 is 0 Å². The number of alkyl halides is 3. The van der Waals surface area contributed by atoms with Crippen molar-refractivity contribution in [2.45, 2.75) is 61.5 Å². The second kappa shape index (κ2) is 6.01. The van der Waals surface area contributed by atoms with E-state index in [-0.39, 0.29) is 25.8 Å². The Labute approximate surface area is 175 Å². The van der Waals surface area contributed by atoms with Crippen LogP contribution >= 0.6 is 47.8 Å². The minimum atomic E-state index is -0.171. The number of fused-ring (bicyclic) bond motifs is 5. The molecule has 7 atom stereocenters. The van der Waals surface area contributed by atoms with Gasteiger partial charge in [-0.3, -0.25) is 9.59 Å². The van der Waals surface area contributed by atoms with Crippen LogP contribution in [0.15, 0.2) is 11.6 Å². The number of hydrogen-bond donors (Lipinski definition) is 0. The SMILES string of the molecule is C[C@]12CC(Br)C(=O)C=C1C(Br)(CBr)CC1C2CC[C@]2(C)C(=O)CCC12. The molecule has 0 aromatic rings. The number of ketones is 2. The zero-order chi connectivity index (χ0) is 18.2. The average molecular weight is 537 g/mol. The lowest BCUT2D eigenvalue weighted by atomic mass is 9.45. The van der Waals surface area contributed by atoms with Crippen molar-refractivity contribution in [2.24, 2.45) is 28.6 Å². The number of carbonyl (C=O) groups excluding carboxylic acids is 2. The van der Waals surface area contributed by atoms with Crippen LogP contribution in [0.3, 0.4) is 0 Å². The zero-order valence-corrected chi connectivity index (χ0v) is 19.5. The molecule has 0 N–H and O–H groups in total. The molecule has 138 valence electrons. The summed E-state index contributed by atoms with van der Waals surface area (Å²) in [5.74, 6) is 2.31. The summed E-state index contributed by atoms with van der Waals surface area (Å²) in [7, 11) is 0. The maximum Gasteiger partial charge on any atom is 0.169 e. The molecule has 3 saturated carbocycles. The van der Waals surface area contributed by atoms with Gasteiger partial charge in [0.2, 0.25) is 0 Å². The van der Waals surface area contributed by atoms with Gasteiger partial charge < -0.3 is 0 Å². The summed E-state index contributed by atoms with van der Waals surface area (Å²) in [6.07, 6.45) is 7.75. The van der Waals surface area contributed by atoms with E-state index in [0.29, 0.717) is 23.5 Å². The molecular weight excluding hydrogens is 512 g/mol. The fourth-order valence-corrected chi connectivity index (χ4v) is 8.99. The van der Waals surface area contributed by atoms with Gasteiger partial charge in [-0.05, 0) is 66.9 Å². The zero-order valence-electron chi connectivity index (χ0n) is 14.8. The fourth-order valence-electron chi connectivity index (χ4n) is 6.72. The Bertz CT molecular complexity index is 674. The van der Waals surface area contributed by atoms with Gasteiger partial charge in [0.15, 0.2) is 5.78 Å². The molecule has 0 spiro atoms. The molecule has 0 amide bonds. The second-order valence-electron chi connectivity index (χ2n) is 9.15. The van der Waals surface area contributed by atoms with E-state index >= 15 is 0 Å². The maximum atomic E-state index is 12.6. The third-order valence-corrected chi connectivity index (χ3v) is 11.5. The van der Waals surface area contributed by atoms with Crippen LogP contribution in [0.25, 0.3) is 0 Å². The Morgan fingerprint density at radius 1 is 1.12 bits per heavy atom. The predicted octanol–water partition coefficient (Wildman–Crippen LogP) is 5.60. The number of allylic oxidation sites excluding steroid dienone is 1. The van der Waals surface area contributed by atoms with Gasteiger partial charge in [0.05, 0.1) is 9.15 Å². The van der Waals surface area contributed by atoms with Crippen LogP contribution in [0.4, 0.5) is 0 Å². The first kappa shape index (κ1) is 18.9. The Morgan fingerprint density at radius 3 is 2.48 bits per heavy atom. The minimum Gasteiger partial charge on any atom is -0.299 e. The summed E-state index contributed by atoms with van der Waals surface area (Å²) in [5.41, 5.74) is 1.19. The van der Waals surface area contributed by atoms with E-state index in [0.717, 1.165) is 43.9 Å². The molecule has 0 heterocycles. The van der Waals surface area contributed by atoms with Crippen molar-refractivity contribution in [2.75, 3.05) is 5.33 Å². The third kappa shape index (κ3) is 2.50. The summed E-state index contributed by atoms with van der Waals surface area (Å²) < 4.78 is -0.171. The fraction of sp³-hybridized carbons (Fsp3) is 0.800. The van der Waals surface area contributed by atoms with Crippen LogP contribution in [0, 0.1) is 28.6 Å². The van der Waals surface area contributed by atoms with Crippen molar-refractivity contribution in [1.29, 1.82) is 0 Å². The van der Waals surface area contributed by atoms with Crippen LogP contribution in [0.1, 0.15) is 52.4 Å². The highest BCUT2D eigenvalue weighted by atomic mass is 79.9. The number of hydrogen-bond acceptors (Lipinski definition) is 2. The monoisotopic (exact) mass is 534 g/mol. The molecule has 5 heteroatoms. The van der Waals surface area contributed by atoms with Gasteiger partial charge in [-0.25, -0.2) is 0 Å². The number of rotatable bonds is 1. The summed E-state index contributed by atoms with van der Waals surface area (Å²) in [6.45, 7) is 4.59. The van der Waals surface area contributed by atoms with Crippen LogP contribution < -0.4 is 0 Å². The third-order valence-electron chi connectivity index (χ3n) is 8.03. The molecule has 0 bridgehead atoms. The molecule has 2 nitrogen and oxygen atoms in total. The molecule has 4 aliphatic rings. The minimum absolute atomic E-state index is 0.0230. The predicted molar refractivity (Wildman–Crippen MR) is 111 cm³/mol. The van der Waals surface area contributed by atoms with Crippen molar-refractivity contribution >= 4 is 59.4 Å². The average Bonchev–Trinajstić information content (AvgIpc) is 2.86. The van der Waals surface area contributed by atoms with Crippen molar-refractivity contribution in [3.8, 4) is 0 Å². The first-order valence-electron chi connectivity index (χ1n) is 9.34. The first-order chi connectivity index (χ1) is 11.7. The van der Waals surface area contributed by atoms with Gasteiger partial charge in [-0.2, -0.15) is 0 Å².